The molecule has 0 fully saturated rings. The van der Waals surface area contributed by atoms with E-state index in [9.17, 15) is 19.2 Å². The fourth-order valence-corrected chi connectivity index (χ4v) is 4.05. The third kappa shape index (κ3) is 3.71. The van der Waals surface area contributed by atoms with E-state index in [1.165, 1.54) is 24.3 Å². The third-order valence-electron chi connectivity index (χ3n) is 4.66. The molecule has 9 heteroatoms. The molecule has 2 aromatic carbocycles. The number of aryl methyl sites for hydroxylation is 1. The molecule has 4 rings (SSSR count). The fraction of sp³-hybridized carbons (Fsp3) is 0.136. The van der Waals surface area contributed by atoms with E-state index in [0.29, 0.717) is 32.9 Å². The van der Waals surface area contributed by atoms with E-state index in [-0.39, 0.29) is 11.7 Å². The van der Waals surface area contributed by atoms with Gasteiger partial charge in [-0.1, -0.05) is 23.5 Å². The first-order valence-corrected chi connectivity index (χ1v) is 10.3. The van der Waals surface area contributed by atoms with Crippen LogP contribution < -0.4 is 10.2 Å². The maximum Gasteiger partial charge on any atom is 0.350 e. The normalized spacial score (nSPS) is 12.6. The molecule has 0 radical (unpaired) electrons. The Morgan fingerprint density at radius 1 is 1.03 bits per heavy atom. The molecular weight excluding hydrogens is 418 g/mol. The average molecular weight is 435 g/mol. The van der Waals surface area contributed by atoms with Crippen molar-refractivity contribution in [3.05, 3.63) is 75.8 Å². The second-order valence-electron chi connectivity index (χ2n) is 6.65. The Bertz CT molecular complexity index is 1180. The second kappa shape index (κ2) is 8.11. The maximum atomic E-state index is 12.6. The molecule has 0 spiro atoms. The fourth-order valence-electron chi connectivity index (χ4n) is 3.19. The molecule has 3 aromatic rings. The van der Waals surface area contributed by atoms with Crippen LogP contribution in [0.3, 0.4) is 0 Å². The van der Waals surface area contributed by atoms with E-state index in [1.807, 2.05) is 0 Å². The van der Waals surface area contributed by atoms with Gasteiger partial charge in [-0.2, -0.15) is 0 Å². The summed E-state index contributed by atoms with van der Waals surface area (Å²) in [4.78, 5) is 55.2. The number of anilines is 2. The Balaban J connectivity index is 1.50. The highest BCUT2D eigenvalue weighted by atomic mass is 32.1. The van der Waals surface area contributed by atoms with Crippen LogP contribution in [-0.2, 0) is 4.74 Å². The van der Waals surface area contributed by atoms with Gasteiger partial charge in [0.15, 0.2) is 5.13 Å². The maximum absolute atomic E-state index is 12.6. The van der Waals surface area contributed by atoms with Crippen LogP contribution in [0, 0.1) is 6.92 Å². The summed E-state index contributed by atoms with van der Waals surface area (Å²) in [5.41, 5.74) is 1.86. The monoisotopic (exact) mass is 435 g/mol. The van der Waals surface area contributed by atoms with E-state index in [0.717, 1.165) is 16.2 Å². The number of nitrogens with one attached hydrogen (secondary N) is 1. The number of hydrogen-bond acceptors (Lipinski definition) is 7. The Labute approximate surface area is 181 Å². The number of amides is 3. The number of nitrogens with zero attached hydrogens (tertiary/aromatic N) is 2. The predicted octanol–water partition coefficient (Wildman–Crippen LogP) is 3.68. The highest BCUT2D eigenvalue weighted by molar-refractivity contribution is 7.17. The van der Waals surface area contributed by atoms with Crippen LogP contribution in [0.4, 0.5) is 10.8 Å². The van der Waals surface area contributed by atoms with Crippen LogP contribution in [0.1, 0.15) is 53.4 Å². The van der Waals surface area contributed by atoms with Crippen molar-refractivity contribution in [3.63, 3.8) is 0 Å². The summed E-state index contributed by atoms with van der Waals surface area (Å²) in [5, 5.41) is 2.92. The summed E-state index contributed by atoms with van der Waals surface area (Å²) < 4.78 is 4.97. The number of ether oxygens (including phenoxy) is 1. The number of carbonyl (C=O) groups is 4. The predicted molar refractivity (Wildman–Crippen MR) is 115 cm³/mol. The van der Waals surface area contributed by atoms with Gasteiger partial charge in [-0.3, -0.25) is 19.7 Å². The Morgan fingerprint density at radius 2 is 1.65 bits per heavy atom. The topological polar surface area (TPSA) is 106 Å². The van der Waals surface area contributed by atoms with Crippen molar-refractivity contribution in [3.8, 4) is 0 Å². The summed E-state index contributed by atoms with van der Waals surface area (Å²) >= 11 is 1.03. The van der Waals surface area contributed by atoms with Gasteiger partial charge >= 0.3 is 5.97 Å². The van der Waals surface area contributed by atoms with Crippen LogP contribution in [0.5, 0.6) is 0 Å². The van der Waals surface area contributed by atoms with Gasteiger partial charge in [0.2, 0.25) is 0 Å². The zero-order chi connectivity index (χ0) is 22.1. The number of aromatic nitrogens is 1. The molecule has 8 nitrogen and oxygen atoms in total. The molecule has 0 saturated carbocycles. The van der Waals surface area contributed by atoms with Gasteiger partial charge < -0.3 is 4.74 Å². The molecule has 0 bridgehead atoms. The summed E-state index contributed by atoms with van der Waals surface area (Å²) in [6.07, 6.45) is 0. The van der Waals surface area contributed by atoms with Crippen molar-refractivity contribution in [1.29, 1.82) is 0 Å². The smallest absolute Gasteiger partial charge is 0.350 e. The van der Waals surface area contributed by atoms with Crippen molar-refractivity contribution in [2.24, 2.45) is 0 Å². The summed E-state index contributed by atoms with van der Waals surface area (Å²) in [6, 6.07) is 12.7. The molecule has 0 atom stereocenters. The minimum atomic E-state index is -0.483. The van der Waals surface area contributed by atoms with Gasteiger partial charge in [0.05, 0.1) is 29.1 Å². The van der Waals surface area contributed by atoms with E-state index < -0.39 is 23.7 Å². The zero-order valence-corrected chi connectivity index (χ0v) is 17.5. The molecule has 3 amide bonds. The number of fused-ring (bicyclic) bond motifs is 1. The summed E-state index contributed by atoms with van der Waals surface area (Å²) in [6.45, 7) is 3.62. The van der Waals surface area contributed by atoms with Gasteiger partial charge in [0, 0.05) is 5.56 Å². The first kappa shape index (κ1) is 20.4. The molecule has 2 heterocycles. The molecule has 1 N–H and O–H groups in total. The Kier molecular flexibility index (Phi) is 5.35. The number of esters is 1. The quantitative estimate of drug-likeness (QED) is 0.484. The Hall–Kier alpha value is -3.85. The first-order valence-electron chi connectivity index (χ1n) is 9.44. The molecule has 1 aliphatic heterocycles. The molecule has 0 aliphatic carbocycles. The van der Waals surface area contributed by atoms with Crippen LogP contribution in [0.15, 0.2) is 48.5 Å². The molecule has 31 heavy (non-hydrogen) atoms. The SMILES string of the molecule is CCOC(=O)c1sc(NC(=O)c2ccc(N3C(=O)c4ccccc4C3=O)cc2)nc1C. The molecular formula is C22H17N3O5S. The van der Waals surface area contributed by atoms with E-state index in [1.54, 1.807) is 38.1 Å². The largest absolute Gasteiger partial charge is 0.462 e. The van der Waals surface area contributed by atoms with Crippen LogP contribution >= 0.6 is 11.3 Å². The minimum Gasteiger partial charge on any atom is -0.462 e. The summed E-state index contributed by atoms with van der Waals surface area (Å²) in [5.74, 6) is -1.72. The van der Waals surface area contributed by atoms with Crippen molar-refractivity contribution in [2.75, 3.05) is 16.8 Å². The lowest BCUT2D eigenvalue weighted by atomic mass is 10.1. The average Bonchev–Trinajstić information content (AvgIpc) is 3.25. The molecule has 1 aliphatic rings. The van der Waals surface area contributed by atoms with Gasteiger partial charge in [0.1, 0.15) is 4.88 Å². The van der Waals surface area contributed by atoms with Crippen LogP contribution in [0.25, 0.3) is 0 Å². The van der Waals surface area contributed by atoms with Gasteiger partial charge in [-0.05, 0) is 50.2 Å². The lowest BCUT2D eigenvalue weighted by molar-refractivity contribution is 0.0530. The highest BCUT2D eigenvalue weighted by Gasteiger charge is 2.36. The van der Waals surface area contributed by atoms with Gasteiger partial charge in [-0.15, -0.1) is 0 Å². The molecule has 156 valence electrons. The van der Waals surface area contributed by atoms with Gasteiger partial charge in [0.25, 0.3) is 17.7 Å². The van der Waals surface area contributed by atoms with E-state index in [2.05, 4.69) is 10.3 Å². The number of imide groups is 1. The standard InChI is InChI=1S/C22H17N3O5S/c1-3-30-21(29)17-12(2)23-22(31-17)24-18(26)13-8-10-14(11-9-13)25-19(27)15-6-4-5-7-16(15)20(25)28/h4-11H,3H2,1-2H3,(H,23,24,26). The van der Waals surface area contributed by atoms with Crippen LogP contribution in [0.2, 0.25) is 0 Å². The first-order chi connectivity index (χ1) is 14.9. The Morgan fingerprint density at radius 3 is 2.23 bits per heavy atom. The van der Waals surface area contributed by atoms with Crippen molar-refractivity contribution in [1.82, 2.24) is 4.98 Å². The van der Waals surface area contributed by atoms with E-state index >= 15 is 0 Å². The van der Waals surface area contributed by atoms with Crippen LogP contribution in [-0.4, -0.2) is 35.3 Å². The van der Waals surface area contributed by atoms with Crippen molar-refractivity contribution < 1.29 is 23.9 Å². The number of thiazole rings is 1. The van der Waals surface area contributed by atoms with Gasteiger partial charge in [-0.25, -0.2) is 14.7 Å². The molecule has 0 saturated heterocycles. The number of benzene rings is 2. The third-order valence-corrected chi connectivity index (χ3v) is 5.71. The summed E-state index contributed by atoms with van der Waals surface area (Å²) in [7, 11) is 0. The minimum absolute atomic E-state index is 0.247. The highest BCUT2D eigenvalue weighted by Crippen LogP contribution is 2.29. The number of rotatable bonds is 5. The van der Waals surface area contributed by atoms with E-state index in [4.69, 9.17) is 4.74 Å². The second-order valence-corrected chi connectivity index (χ2v) is 7.65. The number of hydrogen-bond donors (Lipinski definition) is 1. The zero-order valence-electron chi connectivity index (χ0n) is 16.7. The van der Waals surface area contributed by atoms with Crippen molar-refractivity contribution in [2.45, 2.75) is 13.8 Å². The molecule has 1 aromatic heterocycles. The lowest BCUT2D eigenvalue weighted by Gasteiger charge is -2.14. The number of carbonyl (C=O) groups excluding carboxylic acids is 4. The lowest BCUT2D eigenvalue weighted by Crippen LogP contribution is -2.29. The molecule has 0 unspecified atom stereocenters. The van der Waals surface area contributed by atoms with Crippen molar-refractivity contribution >= 4 is 45.8 Å².